The molecule has 2 atom stereocenters. The van der Waals surface area contributed by atoms with Gasteiger partial charge in [-0.15, -0.1) is 0 Å². The first-order valence-electron chi connectivity index (χ1n) is 3.99. The first kappa shape index (κ1) is 11.4. The van der Waals surface area contributed by atoms with Gasteiger partial charge in [0.15, 0.2) is 6.17 Å². The van der Waals surface area contributed by atoms with Gasteiger partial charge in [0.05, 0.1) is 5.57 Å². The van der Waals surface area contributed by atoms with Crippen molar-refractivity contribution in [3.05, 3.63) is 23.3 Å². The summed E-state index contributed by atoms with van der Waals surface area (Å²) in [6.45, 7) is 1.30. The number of carboxylic acids is 2. The number of allylic oxidation sites excluding steroid dienone is 2. The van der Waals surface area contributed by atoms with E-state index in [0.717, 1.165) is 6.08 Å². The minimum absolute atomic E-state index is 0.0613. The van der Waals surface area contributed by atoms with Gasteiger partial charge in [-0.1, -0.05) is 5.57 Å². The molecule has 6 heteroatoms. The molecule has 0 aromatic heterocycles. The highest BCUT2D eigenvalue weighted by molar-refractivity contribution is 5.93. The Morgan fingerprint density at radius 2 is 2.00 bits per heavy atom. The number of aliphatic carboxylic acids is 2. The van der Waals surface area contributed by atoms with Crippen molar-refractivity contribution < 1.29 is 28.6 Å². The van der Waals surface area contributed by atoms with Gasteiger partial charge in [0, 0.05) is 0 Å². The number of carboxylic acid groups (broad SMARTS) is 2. The Kier molecular flexibility index (Phi) is 2.61. The molecule has 0 saturated heterocycles. The van der Waals surface area contributed by atoms with Crippen molar-refractivity contribution in [2.75, 3.05) is 0 Å². The van der Waals surface area contributed by atoms with E-state index in [9.17, 15) is 18.4 Å². The Morgan fingerprint density at radius 3 is 2.40 bits per heavy atom. The van der Waals surface area contributed by atoms with Crippen LogP contribution in [0.5, 0.6) is 0 Å². The minimum atomic E-state index is -3.30. The number of hydrogen-bond acceptors (Lipinski definition) is 2. The monoisotopic (exact) mass is 218 g/mol. The van der Waals surface area contributed by atoms with Crippen LogP contribution in [0.15, 0.2) is 23.3 Å². The lowest BCUT2D eigenvalue weighted by Gasteiger charge is -2.25. The van der Waals surface area contributed by atoms with E-state index >= 15 is 0 Å². The highest BCUT2D eigenvalue weighted by atomic mass is 19.2. The second kappa shape index (κ2) is 3.45. The Bertz CT molecular complexity index is 386. The molecule has 0 spiro atoms. The van der Waals surface area contributed by atoms with Gasteiger partial charge in [-0.05, 0) is 19.1 Å². The minimum Gasteiger partial charge on any atom is -0.479 e. The molecule has 2 N–H and O–H groups in total. The summed E-state index contributed by atoms with van der Waals surface area (Å²) in [5, 5.41) is 17.1. The largest absolute Gasteiger partial charge is 0.479 e. The molecule has 1 aliphatic carbocycles. The molecule has 0 saturated carbocycles. The fraction of sp³-hybridized carbons (Fsp3) is 0.333. The zero-order valence-electron chi connectivity index (χ0n) is 7.70. The summed E-state index contributed by atoms with van der Waals surface area (Å²) >= 11 is 0. The molecule has 1 rings (SSSR count). The van der Waals surface area contributed by atoms with Gasteiger partial charge in [-0.3, -0.25) is 0 Å². The molecule has 2 unspecified atom stereocenters. The zero-order chi connectivity index (χ0) is 11.8. The van der Waals surface area contributed by atoms with E-state index in [1.54, 1.807) is 0 Å². The number of carbonyl (C=O) groups is 2. The summed E-state index contributed by atoms with van der Waals surface area (Å²) in [7, 11) is 0. The van der Waals surface area contributed by atoms with Crippen LogP contribution in [-0.4, -0.2) is 34.0 Å². The van der Waals surface area contributed by atoms with Crippen molar-refractivity contribution >= 4 is 11.9 Å². The number of alkyl halides is 2. The molecule has 15 heavy (non-hydrogen) atoms. The lowest BCUT2D eigenvalue weighted by Crippen LogP contribution is -2.45. The van der Waals surface area contributed by atoms with Crippen LogP contribution in [0.1, 0.15) is 6.92 Å². The Morgan fingerprint density at radius 1 is 1.47 bits per heavy atom. The normalized spacial score (nSPS) is 30.5. The molecular weight excluding hydrogens is 210 g/mol. The molecule has 0 aromatic rings. The van der Waals surface area contributed by atoms with E-state index in [2.05, 4.69) is 0 Å². The van der Waals surface area contributed by atoms with Gasteiger partial charge in [0.2, 0.25) is 0 Å². The number of halogens is 2. The molecule has 0 heterocycles. The van der Waals surface area contributed by atoms with Gasteiger partial charge >= 0.3 is 11.9 Å². The van der Waals surface area contributed by atoms with Crippen molar-refractivity contribution in [2.45, 2.75) is 18.8 Å². The van der Waals surface area contributed by atoms with Crippen molar-refractivity contribution in [3.63, 3.8) is 0 Å². The van der Waals surface area contributed by atoms with E-state index in [1.165, 1.54) is 6.92 Å². The number of hydrogen-bond donors (Lipinski definition) is 2. The first-order valence-corrected chi connectivity index (χ1v) is 3.99. The van der Waals surface area contributed by atoms with Gasteiger partial charge in [-0.2, -0.15) is 0 Å². The summed E-state index contributed by atoms with van der Waals surface area (Å²) < 4.78 is 26.9. The van der Waals surface area contributed by atoms with Crippen LogP contribution >= 0.6 is 0 Å². The first-order chi connectivity index (χ1) is 6.79. The molecule has 1 aliphatic rings. The molecule has 0 fully saturated rings. The summed E-state index contributed by atoms with van der Waals surface area (Å²) in [4.78, 5) is 21.0. The number of rotatable bonds is 2. The summed E-state index contributed by atoms with van der Waals surface area (Å²) in [6, 6.07) is 0. The van der Waals surface area contributed by atoms with E-state index in [1.807, 2.05) is 0 Å². The van der Waals surface area contributed by atoms with Gasteiger partial charge < -0.3 is 10.2 Å². The molecule has 0 amide bonds. The molecule has 0 aromatic carbocycles. The van der Waals surface area contributed by atoms with Crippen LogP contribution < -0.4 is 0 Å². The zero-order valence-corrected chi connectivity index (χ0v) is 7.70. The highest BCUT2D eigenvalue weighted by Gasteiger charge is 2.50. The average Bonchev–Trinajstić information content (AvgIpc) is 2.10. The van der Waals surface area contributed by atoms with Crippen LogP contribution in [0, 0.1) is 0 Å². The summed E-state index contributed by atoms with van der Waals surface area (Å²) in [5.41, 5.74) is -4.13. The molecule has 0 bridgehead atoms. The third kappa shape index (κ3) is 1.74. The standard InChI is InChI=1S/C9H8F2O4/c1-4-2-5(7(12)13)6(10)9(11,3-4)8(14)15/h2-3,6H,1H3,(H,12,13)(H,14,15). The fourth-order valence-electron chi connectivity index (χ4n) is 1.33. The van der Waals surface area contributed by atoms with E-state index in [4.69, 9.17) is 10.2 Å². The van der Waals surface area contributed by atoms with Gasteiger partial charge in [0.25, 0.3) is 5.67 Å². The average molecular weight is 218 g/mol. The Hall–Kier alpha value is -1.72. The molecule has 0 radical (unpaired) electrons. The third-order valence-electron chi connectivity index (χ3n) is 2.04. The van der Waals surface area contributed by atoms with Crippen molar-refractivity contribution in [3.8, 4) is 0 Å². The second-order valence-corrected chi connectivity index (χ2v) is 3.23. The van der Waals surface area contributed by atoms with Crippen LogP contribution in [-0.2, 0) is 9.59 Å². The Balaban J connectivity index is 3.26. The smallest absolute Gasteiger partial charge is 0.349 e. The maximum Gasteiger partial charge on any atom is 0.349 e. The van der Waals surface area contributed by atoms with Gasteiger partial charge in [0.1, 0.15) is 0 Å². The molecular formula is C9H8F2O4. The summed E-state index contributed by atoms with van der Waals surface area (Å²) in [6.07, 6.45) is -1.23. The van der Waals surface area contributed by atoms with Crippen LogP contribution in [0.25, 0.3) is 0 Å². The topological polar surface area (TPSA) is 74.6 Å². The molecule has 4 nitrogen and oxygen atoms in total. The Labute approximate surface area is 83.5 Å². The predicted molar refractivity (Wildman–Crippen MR) is 45.8 cm³/mol. The maximum atomic E-state index is 13.6. The highest BCUT2D eigenvalue weighted by Crippen LogP contribution is 2.33. The molecule has 82 valence electrons. The van der Waals surface area contributed by atoms with Crippen LogP contribution in [0.3, 0.4) is 0 Å². The quantitative estimate of drug-likeness (QED) is 0.727. The second-order valence-electron chi connectivity index (χ2n) is 3.23. The van der Waals surface area contributed by atoms with Crippen molar-refractivity contribution in [1.29, 1.82) is 0 Å². The van der Waals surface area contributed by atoms with Gasteiger partial charge in [-0.25, -0.2) is 18.4 Å². The SMILES string of the molecule is CC1=CC(F)(C(=O)O)C(F)C(C(=O)O)=C1. The van der Waals surface area contributed by atoms with Crippen LogP contribution in [0.4, 0.5) is 8.78 Å². The summed E-state index contributed by atoms with van der Waals surface area (Å²) in [5.74, 6) is -3.71. The van der Waals surface area contributed by atoms with Crippen molar-refractivity contribution in [2.24, 2.45) is 0 Å². The van der Waals surface area contributed by atoms with E-state index in [-0.39, 0.29) is 5.57 Å². The molecule has 0 aliphatic heterocycles. The fourth-order valence-corrected chi connectivity index (χ4v) is 1.33. The lowest BCUT2D eigenvalue weighted by atomic mass is 9.86. The predicted octanol–water partition coefficient (Wildman–Crippen LogP) is 1.09. The van der Waals surface area contributed by atoms with Crippen molar-refractivity contribution in [1.82, 2.24) is 0 Å². The van der Waals surface area contributed by atoms with Crippen LogP contribution in [0.2, 0.25) is 0 Å². The third-order valence-corrected chi connectivity index (χ3v) is 2.04. The van der Waals surface area contributed by atoms with E-state index in [0.29, 0.717) is 6.08 Å². The lowest BCUT2D eigenvalue weighted by molar-refractivity contribution is -0.151. The van der Waals surface area contributed by atoms with E-state index < -0.39 is 29.4 Å². The maximum absolute atomic E-state index is 13.6.